The lowest BCUT2D eigenvalue weighted by Gasteiger charge is -2.28. The molecule has 0 aliphatic carbocycles. The number of hydrogen-bond donors (Lipinski definition) is 0. The van der Waals surface area contributed by atoms with Crippen molar-refractivity contribution in [3.63, 3.8) is 0 Å². The molecule has 230 valence electrons. The predicted octanol–water partition coefficient (Wildman–Crippen LogP) is 13.6. The Hall–Kier alpha value is -6.44. The molecule has 0 N–H and O–H groups in total. The lowest BCUT2D eigenvalue weighted by Crippen LogP contribution is -2.11. The van der Waals surface area contributed by atoms with Crippen molar-refractivity contribution in [3.05, 3.63) is 200 Å². The highest BCUT2D eigenvalue weighted by Crippen LogP contribution is 2.43. The molecule has 0 amide bonds. The second-order valence-corrected chi connectivity index (χ2v) is 12.6. The minimum atomic E-state index is 1.11. The zero-order valence-electron chi connectivity index (χ0n) is 27.0. The van der Waals surface area contributed by atoms with Crippen molar-refractivity contribution in [1.82, 2.24) is 0 Å². The Labute approximate surface area is 287 Å². The van der Waals surface area contributed by atoms with Crippen LogP contribution in [0.3, 0.4) is 0 Å². The van der Waals surface area contributed by atoms with Crippen LogP contribution in [0.25, 0.3) is 65.7 Å². The zero-order chi connectivity index (χ0) is 32.6. The van der Waals surface area contributed by atoms with Crippen molar-refractivity contribution < 1.29 is 0 Å². The lowest BCUT2D eigenvalue weighted by molar-refractivity contribution is 1.29. The number of anilines is 3. The molecule has 9 aromatic carbocycles. The highest BCUT2D eigenvalue weighted by molar-refractivity contribution is 6.17. The Balaban J connectivity index is 1.22. The second-order valence-electron chi connectivity index (χ2n) is 12.6. The maximum Gasteiger partial charge on any atom is 0.0540 e. The highest BCUT2D eigenvalue weighted by atomic mass is 15.1. The van der Waals surface area contributed by atoms with E-state index < -0.39 is 0 Å². The van der Waals surface area contributed by atoms with Crippen LogP contribution in [0.1, 0.15) is 0 Å². The van der Waals surface area contributed by atoms with E-state index in [4.69, 9.17) is 0 Å². The number of hydrogen-bond acceptors (Lipinski definition) is 1. The van der Waals surface area contributed by atoms with Crippen LogP contribution in [0, 0.1) is 0 Å². The van der Waals surface area contributed by atoms with Crippen LogP contribution in [-0.4, -0.2) is 0 Å². The van der Waals surface area contributed by atoms with Crippen molar-refractivity contribution in [1.29, 1.82) is 0 Å². The summed E-state index contributed by atoms with van der Waals surface area (Å²) in [5, 5.41) is 7.57. The topological polar surface area (TPSA) is 3.24 Å². The first-order valence-corrected chi connectivity index (χ1v) is 16.8. The Morgan fingerprint density at radius 3 is 1.43 bits per heavy atom. The summed E-state index contributed by atoms with van der Waals surface area (Å²) >= 11 is 0. The molecule has 0 fully saturated rings. The van der Waals surface area contributed by atoms with Crippen molar-refractivity contribution in [2.45, 2.75) is 0 Å². The normalized spacial score (nSPS) is 11.3. The molecule has 0 radical (unpaired) electrons. The molecular weight excluding hydrogens is 591 g/mol. The van der Waals surface area contributed by atoms with Crippen molar-refractivity contribution in [3.8, 4) is 33.4 Å². The van der Waals surface area contributed by atoms with Gasteiger partial charge in [0.1, 0.15) is 0 Å². The summed E-state index contributed by atoms with van der Waals surface area (Å²) in [7, 11) is 0. The average Bonchev–Trinajstić information content (AvgIpc) is 3.19. The van der Waals surface area contributed by atoms with Crippen molar-refractivity contribution >= 4 is 49.4 Å². The van der Waals surface area contributed by atoms with Gasteiger partial charge in [0.05, 0.1) is 5.69 Å². The Bertz CT molecular complexity index is 2570. The number of rotatable bonds is 6. The van der Waals surface area contributed by atoms with Gasteiger partial charge in [-0.1, -0.05) is 170 Å². The molecule has 1 heteroatoms. The molecular formula is C48H33N. The molecule has 0 bridgehead atoms. The maximum atomic E-state index is 2.41. The largest absolute Gasteiger partial charge is 0.310 e. The second kappa shape index (κ2) is 12.3. The standard InChI is InChI=1S/C48H33N/c1-3-11-34(12-4-1)36-19-21-39(22-20-36)44-17-9-10-18-48(44)49(41-28-23-37(24-29-41)35-13-5-2-6-14-35)42-30-25-40-27-31-45-43-16-8-7-15-38(43)26-32-46(45)47(40)33-42/h1-33H. The van der Waals surface area contributed by atoms with Gasteiger partial charge in [-0.05, 0) is 90.5 Å². The smallest absolute Gasteiger partial charge is 0.0540 e. The van der Waals surface area contributed by atoms with E-state index in [0.717, 1.165) is 17.1 Å². The first kappa shape index (κ1) is 28.8. The van der Waals surface area contributed by atoms with E-state index in [9.17, 15) is 0 Å². The Kier molecular flexibility index (Phi) is 7.22. The van der Waals surface area contributed by atoms with E-state index in [-0.39, 0.29) is 0 Å². The fraction of sp³-hybridized carbons (Fsp3) is 0. The third-order valence-corrected chi connectivity index (χ3v) is 9.67. The molecule has 0 saturated heterocycles. The minimum absolute atomic E-state index is 1.11. The molecule has 0 spiro atoms. The molecule has 0 aromatic heterocycles. The summed E-state index contributed by atoms with van der Waals surface area (Å²) in [4.78, 5) is 2.41. The van der Waals surface area contributed by atoms with Crippen molar-refractivity contribution in [2.24, 2.45) is 0 Å². The molecule has 0 aliphatic heterocycles. The Morgan fingerprint density at radius 1 is 0.265 bits per heavy atom. The SMILES string of the molecule is c1ccc(-c2ccc(-c3ccccc3N(c3ccc(-c4ccccc4)cc3)c3ccc4ccc5c6ccccc6ccc5c4c3)cc2)cc1. The molecule has 0 saturated carbocycles. The Morgan fingerprint density at radius 2 is 0.735 bits per heavy atom. The molecule has 0 atom stereocenters. The summed E-state index contributed by atoms with van der Waals surface area (Å²) in [6, 6.07) is 72.5. The van der Waals surface area contributed by atoms with E-state index in [2.05, 4.69) is 205 Å². The first-order valence-electron chi connectivity index (χ1n) is 16.8. The van der Waals surface area contributed by atoms with Gasteiger partial charge in [-0.3, -0.25) is 0 Å². The zero-order valence-corrected chi connectivity index (χ0v) is 27.0. The number of benzene rings is 9. The van der Waals surface area contributed by atoms with E-state index in [0.29, 0.717) is 0 Å². The third-order valence-electron chi connectivity index (χ3n) is 9.67. The van der Waals surface area contributed by atoms with Gasteiger partial charge < -0.3 is 4.90 Å². The van der Waals surface area contributed by atoms with Gasteiger partial charge >= 0.3 is 0 Å². The van der Waals surface area contributed by atoms with Crippen LogP contribution in [0.5, 0.6) is 0 Å². The van der Waals surface area contributed by atoms with Gasteiger partial charge in [0, 0.05) is 16.9 Å². The molecule has 0 unspecified atom stereocenters. The van der Waals surface area contributed by atoms with Gasteiger partial charge in [0.2, 0.25) is 0 Å². The monoisotopic (exact) mass is 623 g/mol. The van der Waals surface area contributed by atoms with Gasteiger partial charge in [-0.15, -0.1) is 0 Å². The van der Waals surface area contributed by atoms with Crippen LogP contribution in [0.4, 0.5) is 17.1 Å². The van der Waals surface area contributed by atoms with Crippen LogP contribution in [-0.2, 0) is 0 Å². The van der Waals surface area contributed by atoms with Crippen LogP contribution < -0.4 is 4.90 Å². The van der Waals surface area contributed by atoms with E-state index >= 15 is 0 Å². The average molecular weight is 624 g/mol. The molecule has 9 rings (SSSR count). The highest BCUT2D eigenvalue weighted by Gasteiger charge is 2.18. The summed E-state index contributed by atoms with van der Waals surface area (Å²) in [6.07, 6.45) is 0. The van der Waals surface area contributed by atoms with Crippen LogP contribution in [0.15, 0.2) is 200 Å². The van der Waals surface area contributed by atoms with Crippen LogP contribution in [0.2, 0.25) is 0 Å². The predicted molar refractivity (Wildman–Crippen MR) is 210 cm³/mol. The number of fused-ring (bicyclic) bond motifs is 5. The molecule has 9 aromatic rings. The maximum absolute atomic E-state index is 2.41. The molecule has 1 nitrogen and oxygen atoms in total. The number of nitrogens with zero attached hydrogens (tertiary/aromatic N) is 1. The molecule has 0 heterocycles. The third kappa shape index (κ3) is 5.32. The number of para-hydroxylation sites is 1. The van der Waals surface area contributed by atoms with Gasteiger partial charge in [-0.25, -0.2) is 0 Å². The molecule has 0 aliphatic rings. The van der Waals surface area contributed by atoms with E-state index in [1.807, 2.05) is 0 Å². The summed E-state index contributed by atoms with van der Waals surface area (Å²) in [5.41, 5.74) is 10.6. The minimum Gasteiger partial charge on any atom is -0.310 e. The fourth-order valence-corrected chi connectivity index (χ4v) is 7.19. The first-order chi connectivity index (χ1) is 24.3. The lowest BCUT2D eigenvalue weighted by atomic mass is 9.96. The summed E-state index contributed by atoms with van der Waals surface area (Å²) in [6.45, 7) is 0. The van der Waals surface area contributed by atoms with Crippen molar-refractivity contribution in [2.75, 3.05) is 4.90 Å². The summed E-state index contributed by atoms with van der Waals surface area (Å²) < 4.78 is 0. The van der Waals surface area contributed by atoms with E-state index in [1.165, 1.54) is 65.7 Å². The van der Waals surface area contributed by atoms with Gasteiger partial charge in [0.25, 0.3) is 0 Å². The molecule has 49 heavy (non-hydrogen) atoms. The fourth-order valence-electron chi connectivity index (χ4n) is 7.19. The van der Waals surface area contributed by atoms with Gasteiger partial charge in [0.15, 0.2) is 0 Å². The van der Waals surface area contributed by atoms with Crippen LogP contribution >= 0.6 is 0 Å². The summed E-state index contributed by atoms with van der Waals surface area (Å²) in [5.74, 6) is 0. The van der Waals surface area contributed by atoms with Gasteiger partial charge in [-0.2, -0.15) is 0 Å². The van der Waals surface area contributed by atoms with E-state index in [1.54, 1.807) is 0 Å². The quantitative estimate of drug-likeness (QED) is 0.167.